The van der Waals surface area contributed by atoms with Crippen LogP contribution in [0.4, 0.5) is 14.4 Å². The molecule has 0 unspecified atom stereocenters. The number of urea groups is 2. The summed E-state index contributed by atoms with van der Waals surface area (Å²) >= 11 is 0. The van der Waals surface area contributed by atoms with Crippen LogP contribution in [0.5, 0.6) is 0 Å². The van der Waals surface area contributed by atoms with Crippen molar-refractivity contribution in [1.29, 1.82) is 0 Å². The molecule has 202 valence electrons. The van der Waals surface area contributed by atoms with E-state index in [1.807, 2.05) is 12.1 Å². The molecule has 0 aromatic heterocycles. The summed E-state index contributed by atoms with van der Waals surface area (Å²) in [6.07, 6.45) is 8.32. The lowest BCUT2D eigenvalue weighted by Gasteiger charge is -2.38. The van der Waals surface area contributed by atoms with Crippen molar-refractivity contribution in [2.75, 3.05) is 59.0 Å². The summed E-state index contributed by atoms with van der Waals surface area (Å²) in [5, 5.41) is 0.571. The predicted octanol–water partition coefficient (Wildman–Crippen LogP) is 1.76. The highest BCUT2D eigenvalue weighted by Crippen LogP contribution is 2.26. The van der Waals surface area contributed by atoms with Crippen molar-refractivity contribution in [2.24, 2.45) is 5.92 Å². The second-order valence-corrected chi connectivity index (χ2v) is 10.1. The second kappa shape index (κ2) is 11.3. The fraction of sp³-hybridized carbons (Fsp3) is 0.556. The molecule has 1 atom stereocenters. The lowest BCUT2D eigenvalue weighted by atomic mass is 9.90. The molecule has 4 saturated heterocycles. The molecule has 0 saturated carbocycles. The number of amides is 6. The van der Waals surface area contributed by atoms with Crippen LogP contribution in [-0.2, 0) is 20.8 Å². The van der Waals surface area contributed by atoms with Crippen LogP contribution in [0.25, 0.3) is 0 Å². The first-order chi connectivity index (χ1) is 18.4. The Morgan fingerprint density at radius 3 is 2.34 bits per heavy atom. The van der Waals surface area contributed by atoms with Crippen molar-refractivity contribution >= 4 is 24.1 Å². The van der Waals surface area contributed by atoms with Gasteiger partial charge in [-0.3, -0.25) is 4.79 Å². The molecule has 38 heavy (non-hydrogen) atoms. The number of terminal acetylenes is 1. The lowest BCUT2D eigenvalue weighted by Crippen LogP contribution is -2.58. The largest absolute Gasteiger partial charge is 0.434 e. The number of carbonyl (C=O) groups is 4. The number of piperidine rings is 1. The number of piperazine rings is 1. The van der Waals surface area contributed by atoms with Gasteiger partial charge in [0.2, 0.25) is 0 Å². The molecule has 5 rings (SSSR count). The number of hydroxylamine groups is 2. The third-order valence-electron chi connectivity index (χ3n) is 7.84. The van der Waals surface area contributed by atoms with Crippen LogP contribution in [0.1, 0.15) is 30.4 Å². The normalized spacial score (nSPS) is 22.4. The van der Waals surface area contributed by atoms with Crippen LogP contribution >= 0.6 is 0 Å². The van der Waals surface area contributed by atoms with E-state index in [0.717, 1.165) is 31.2 Å². The Labute approximate surface area is 222 Å². The number of imide groups is 1. The van der Waals surface area contributed by atoms with Crippen molar-refractivity contribution in [3.05, 3.63) is 35.4 Å². The SMILES string of the molecule is C#Cc1ccc(CCC2CCN(C(=O)ON3C(=O)[C@H]4CN(C(=O)N5CCOCC5)CCN4C3=O)CC2)cc1. The van der Waals surface area contributed by atoms with E-state index in [4.69, 9.17) is 16.0 Å². The standard InChI is InChI=1S/C27H33N5O6/c1-2-20-3-5-21(6-4-20)7-8-22-9-11-29(12-10-22)27(36)38-32-24(33)23-19-30(13-14-31(23)26(32)35)25(34)28-15-17-37-18-16-28/h1,3-6,22-23H,7-19H2/t23-/m1/s1. The Balaban J connectivity index is 1.09. The summed E-state index contributed by atoms with van der Waals surface area (Å²) in [7, 11) is 0. The second-order valence-electron chi connectivity index (χ2n) is 10.1. The highest BCUT2D eigenvalue weighted by atomic mass is 16.7. The first-order valence-corrected chi connectivity index (χ1v) is 13.2. The zero-order chi connectivity index (χ0) is 26.6. The highest BCUT2D eigenvalue weighted by Gasteiger charge is 2.51. The fourth-order valence-corrected chi connectivity index (χ4v) is 5.46. The summed E-state index contributed by atoms with van der Waals surface area (Å²) in [5.41, 5.74) is 2.10. The number of rotatable bonds is 4. The van der Waals surface area contributed by atoms with Gasteiger partial charge in [0.1, 0.15) is 6.04 Å². The van der Waals surface area contributed by atoms with Gasteiger partial charge in [0, 0.05) is 44.8 Å². The quantitative estimate of drug-likeness (QED) is 0.440. The smallest absolute Gasteiger partial charge is 0.378 e. The van der Waals surface area contributed by atoms with E-state index in [0.29, 0.717) is 56.9 Å². The van der Waals surface area contributed by atoms with Crippen LogP contribution in [0.15, 0.2) is 24.3 Å². The predicted molar refractivity (Wildman–Crippen MR) is 136 cm³/mol. The average molecular weight is 524 g/mol. The summed E-state index contributed by atoms with van der Waals surface area (Å²) in [4.78, 5) is 63.0. The van der Waals surface area contributed by atoms with E-state index in [1.54, 1.807) is 14.7 Å². The number of hydrogen-bond donors (Lipinski definition) is 0. The number of hydrogen-bond acceptors (Lipinski definition) is 6. The molecule has 4 fully saturated rings. The van der Waals surface area contributed by atoms with Gasteiger partial charge in [0.05, 0.1) is 19.8 Å². The molecule has 6 amide bonds. The molecular weight excluding hydrogens is 490 g/mol. The van der Waals surface area contributed by atoms with Crippen molar-refractivity contribution in [1.82, 2.24) is 24.7 Å². The third kappa shape index (κ3) is 5.41. The summed E-state index contributed by atoms with van der Waals surface area (Å²) in [5.74, 6) is 2.48. The molecule has 0 bridgehead atoms. The van der Waals surface area contributed by atoms with Crippen LogP contribution in [-0.4, -0.2) is 114 Å². The molecule has 1 aromatic carbocycles. The highest BCUT2D eigenvalue weighted by molar-refractivity contribution is 6.04. The van der Waals surface area contributed by atoms with E-state index in [2.05, 4.69) is 18.1 Å². The molecule has 0 N–H and O–H groups in total. The van der Waals surface area contributed by atoms with Crippen molar-refractivity contribution < 1.29 is 28.8 Å². The fourth-order valence-electron chi connectivity index (χ4n) is 5.46. The van der Waals surface area contributed by atoms with Gasteiger partial charge < -0.3 is 29.2 Å². The monoisotopic (exact) mass is 523 g/mol. The first kappa shape index (κ1) is 25.9. The van der Waals surface area contributed by atoms with Crippen molar-refractivity contribution in [3.63, 3.8) is 0 Å². The van der Waals surface area contributed by atoms with Crippen molar-refractivity contribution in [2.45, 2.75) is 31.7 Å². The molecule has 4 aliphatic heterocycles. The summed E-state index contributed by atoms with van der Waals surface area (Å²) in [6.45, 7) is 3.56. The first-order valence-electron chi connectivity index (χ1n) is 13.2. The topological polar surface area (TPSA) is 103 Å². The molecule has 1 aromatic rings. The molecule has 11 nitrogen and oxygen atoms in total. The van der Waals surface area contributed by atoms with Gasteiger partial charge in [-0.2, -0.15) is 0 Å². The number of likely N-dealkylation sites (tertiary alicyclic amines) is 1. The number of morpholine rings is 1. The van der Waals surface area contributed by atoms with Crippen LogP contribution in [0.2, 0.25) is 0 Å². The van der Waals surface area contributed by atoms with Gasteiger partial charge in [-0.15, -0.1) is 6.42 Å². The summed E-state index contributed by atoms with van der Waals surface area (Å²) < 4.78 is 5.30. The molecule has 11 heteroatoms. The Morgan fingerprint density at radius 1 is 0.947 bits per heavy atom. The Kier molecular flexibility index (Phi) is 7.69. The minimum absolute atomic E-state index is 0.0751. The van der Waals surface area contributed by atoms with Crippen LogP contribution in [0.3, 0.4) is 0 Å². The van der Waals surface area contributed by atoms with E-state index < -0.39 is 24.1 Å². The van der Waals surface area contributed by atoms with Gasteiger partial charge in [0.25, 0.3) is 5.91 Å². The number of carbonyl (C=O) groups excluding carboxylic acids is 4. The molecule has 4 heterocycles. The van der Waals surface area contributed by atoms with Crippen molar-refractivity contribution in [3.8, 4) is 12.3 Å². The van der Waals surface area contributed by atoms with E-state index >= 15 is 0 Å². The number of benzene rings is 1. The molecule has 4 aliphatic rings. The maximum absolute atomic E-state index is 13.0. The minimum atomic E-state index is -0.852. The Bertz CT molecular complexity index is 1100. The number of nitrogens with zero attached hydrogens (tertiary/aromatic N) is 5. The Hall–Kier alpha value is -3.78. The van der Waals surface area contributed by atoms with E-state index in [9.17, 15) is 19.2 Å². The zero-order valence-corrected chi connectivity index (χ0v) is 21.4. The number of aryl methyl sites for hydroxylation is 1. The van der Waals surface area contributed by atoms with Crippen LogP contribution < -0.4 is 0 Å². The van der Waals surface area contributed by atoms with E-state index in [1.165, 1.54) is 10.5 Å². The van der Waals surface area contributed by atoms with E-state index in [-0.39, 0.29) is 19.1 Å². The maximum Gasteiger partial charge on any atom is 0.434 e. The van der Waals surface area contributed by atoms with Gasteiger partial charge in [-0.05, 0) is 49.3 Å². The molecule has 0 spiro atoms. The van der Waals surface area contributed by atoms with Gasteiger partial charge in [-0.1, -0.05) is 23.1 Å². The number of fused-ring (bicyclic) bond motifs is 1. The molecule has 0 aliphatic carbocycles. The van der Waals surface area contributed by atoms with Crippen LogP contribution in [0, 0.1) is 18.3 Å². The van der Waals surface area contributed by atoms with Gasteiger partial charge in [-0.25, -0.2) is 14.4 Å². The zero-order valence-electron chi connectivity index (χ0n) is 21.4. The molecule has 0 radical (unpaired) electrons. The Morgan fingerprint density at radius 2 is 1.66 bits per heavy atom. The minimum Gasteiger partial charge on any atom is -0.378 e. The lowest BCUT2D eigenvalue weighted by molar-refractivity contribution is -0.152. The summed E-state index contributed by atoms with van der Waals surface area (Å²) in [6, 6.07) is 6.32. The number of ether oxygens (including phenoxy) is 1. The molecular formula is C27H33N5O6. The maximum atomic E-state index is 13.0. The third-order valence-corrected chi connectivity index (χ3v) is 7.84. The van der Waals surface area contributed by atoms with Gasteiger partial charge >= 0.3 is 18.2 Å². The average Bonchev–Trinajstić information content (AvgIpc) is 3.20. The van der Waals surface area contributed by atoms with Gasteiger partial charge in [0.15, 0.2) is 0 Å².